The summed E-state index contributed by atoms with van der Waals surface area (Å²) in [7, 11) is -0.162. The van der Waals surface area contributed by atoms with Crippen molar-refractivity contribution in [2.75, 3.05) is 20.6 Å². The SMILES string of the molecule is C/C(=N\NS(=O)(=O)c1ccc(C)cc1)[C@@H](CN(C)C)[C@@H](c1ccccc1)c1c(O)c2ccccc2oc1=O. The highest BCUT2D eigenvalue weighted by Crippen LogP contribution is 2.39. The Hall–Kier alpha value is -3.95. The molecular weight excluding hydrogens is 502 g/mol. The molecular formula is C29H31N3O5S. The smallest absolute Gasteiger partial charge is 0.343 e. The molecule has 1 aromatic heterocycles. The first-order chi connectivity index (χ1) is 18.1. The molecule has 0 saturated heterocycles. The van der Waals surface area contributed by atoms with Crippen LogP contribution in [-0.2, 0) is 10.0 Å². The molecule has 9 heteroatoms. The summed E-state index contributed by atoms with van der Waals surface area (Å²) >= 11 is 0. The van der Waals surface area contributed by atoms with Gasteiger partial charge in [0.05, 0.1) is 15.8 Å². The molecule has 4 rings (SSSR count). The van der Waals surface area contributed by atoms with Crippen molar-refractivity contribution in [3.05, 3.63) is 106 Å². The number of hydrogen-bond donors (Lipinski definition) is 2. The van der Waals surface area contributed by atoms with Crippen molar-refractivity contribution in [1.29, 1.82) is 0 Å². The van der Waals surface area contributed by atoms with Crippen molar-refractivity contribution < 1.29 is 17.9 Å². The molecule has 1 heterocycles. The molecule has 0 unspecified atom stereocenters. The highest BCUT2D eigenvalue weighted by atomic mass is 32.2. The number of hydrazone groups is 1. The lowest BCUT2D eigenvalue weighted by atomic mass is 9.78. The summed E-state index contributed by atoms with van der Waals surface area (Å²) in [6, 6.07) is 22.6. The Morgan fingerprint density at radius 1 is 1.00 bits per heavy atom. The van der Waals surface area contributed by atoms with Crippen LogP contribution in [0.1, 0.15) is 29.5 Å². The van der Waals surface area contributed by atoms with Gasteiger partial charge in [-0.15, -0.1) is 0 Å². The van der Waals surface area contributed by atoms with Gasteiger partial charge >= 0.3 is 5.63 Å². The molecule has 0 radical (unpaired) electrons. The molecule has 0 fully saturated rings. The summed E-state index contributed by atoms with van der Waals surface area (Å²) in [4.78, 5) is 17.7. The number of nitrogens with one attached hydrogen (secondary N) is 1. The third-order valence-electron chi connectivity index (χ3n) is 6.46. The maximum absolute atomic E-state index is 13.3. The zero-order chi connectivity index (χ0) is 27.4. The second-order valence-electron chi connectivity index (χ2n) is 9.57. The van der Waals surface area contributed by atoms with Crippen LogP contribution in [0.5, 0.6) is 5.75 Å². The van der Waals surface area contributed by atoms with Gasteiger partial charge in [-0.3, -0.25) is 0 Å². The highest BCUT2D eigenvalue weighted by molar-refractivity contribution is 7.89. The third kappa shape index (κ3) is 5.79. The van der Waals surface area contributed by atoms with Gasteiger partial charge in [-0.25, -0.2) is 9.63 Å². The fourth-order valence-electron chi connectivity index (χ4n) is 4.54. The summed E-state index contributed by atoms with van der Waals surface area (Å²) in [5.74, 6) is -1.34. The van der Waals surface area contributed by atoms with E-state index < -0.39 is 27.5 Å². The molecule has 0 amide bonds. The normalized spacial score (nSPS) is 14.0. The molecule has 2 atom stereocenters. The average Bonchev–Trinajstić information content (AvgIpc) is 2.89. The molecule has 3 aromatic carbocycles. The van der Waals surface area contributed by atoms with E-state index in [-0.39, 0.29) is 21.8 Å². The van der Waals surface area contributed by atoms with E-state index in [4.69, 9.17) is 4.42 Å². The van der Waals surface area contributed by atoms with E-state index in [0.29, 0.717) is 17.6 Å². The lowest BCUT2D eigenvalue weighted by Crippen LogP contribution is -2.35. The second-order valence-corrected chi connectivity index (χ2v) is 11.2. The van der Waals surface area contributed by atoms with Crippen LogP contribution in [0.3, 0.4) is 0 Å². The number of para-hydroxylation sites is 1. The average molecular weight is 534 g/mol. The van der Waals surface area contributed by atoms with Gasteiger partial charge in [0.2, 0.25) is 0 Å². The Morgan fingerprint density at radius 3 is 2.29 bits per heavy atom. The van der Waals surface area contributed by atoms with Gasteiger partial charge in [-0.05, 0) is 57.8 Å². The minimum absolute atomic E-state index is 0.0937. The van der Waals surface area contributed by atoms with E-state index in [2.05, 4.69) is 9.93 Å². The molecule has 0 saturated carbocycles. The van der Waals surface area contributed by atoms with E-state index in [1.165, 1.54) is 12.1 Å². The zero-order valence-electron chi connectivity index (χ0n) is 21.8. The number of sulfonamides is 1. The van der Waals surface area contributed by atoms with Gasteiger partial charge in [-0.1, -0.05) is 60.2 Å². The van der Waals surface area contributed by atoms with Gasteiger partial charge in [0.25, 0.3) is 10.0 Å². The molecule has 2 N–H and O–H groups in total. The van der Waals surface area contributed by atoms with Crippen LogP contribution in [0.2, 0.25) is 0 Å². The molecule has 38 heavy (non-hydrogen) atoms. The maximum atomic E-state index is 13.3. The van der Waals surface area contributed by atoms with Crippen molar-refractivity contribution in [2.24, 2.45) is 11.0 Å². The molecule has 8 nitrogen and oxygen atoms in total. The van der Waals surface area contributed by atoms with Crippen molar-refractivity contribution in [2.45, 2.75) is 24.7 Å². The molecule has 198 valence electrons. The topological polar surface area (TPSA) is 112 Å². The van der Waals surface area contributed by atoms with Crippen LogP contribution >= 0.6 is 0 Å². The third-order valence-corrected chi connectivity index (χ3v) is 7.69. The van der Waals surface area contributed by atoms with E-state index in [9.17, 15) is 18.3 Å². The fourth-order valence-corrected chi connectivity index (χ4v) is 5.40. The first-order valence-corrected chi connectivity index (χ1v) is 13.6. The van der Waals surface area contributed by atoms with Crippen LogP contribution in [0.25, 0.3) is 11.0 Å². The monoisotopic (exact) mass is 533 g/mol. The Bertz CT molecular complexity index is 1610. The van der Waals surface area contributed by atoms with Crippen LogP contribution < -0.4 is 10.5 Å². The predicted octanol–water partition coefficient (Wildman–Crippen LogP) is 4.47. The predicted molar refractivity (Wildman–Crippen MR) is 149 cm³/mol. The highest BCUT2D eigenvalue weighted by Gasteiger charge is 2.34. The minimum atomic E-state index is -3.91. The molecule has 4 aromatic rings. The summed E-state index contributed by atoms with van der Waals surface area (Å²) in [6.07, 6.45) is 0. The quantitative estimate of drug-likeness (QED) is 0.187. The van der Waals surface area contributed by atoms with Gasteiger partial charge < -0.3 is 14.4 Å². The van der Waals surface area contributed by atoms with Crippen molar-refractivity contribution in [3.63, 3.8) is 0 Å². The van der Waals surface area contributed by atoms with Crippen LogP contribution in [0.4, 0.5) is 0 Å². The summed E-state index contributed by atoms with van der Waals surface area (Å²) < 4.78 is 31.5. The van der Waals surface area contributed by atoms with Gasteiger partial charge in [0.1, 0.15) is 11.3 Å². The first kappa shape index (κ1) is 27.1. The molecule has 0 aliphatic heterocycles. The summed E-state index contributed by atoms with van der Waals surface area (Å²) in [6.45, 7) is 3.99. The van der Waals surface area contributed by atoms with Crippen molar-refractivity contribution in [1.82, 2.24) is 9.73 Å². The zero-order valence-corrected chi connectivity index (χ0v) is 22.6. The van der Waals surface area contributed by atoms with Crippen LogP contribution in [0, 0.1) is 12.8 Å². The molecule has 0 aliphatic carbocycles. The lowest BCUT2D eigenvalue weighted by Gasteiger charge is -2.30. The van der Waals surface area contributed by atoms with Gasteiger partial charge in [-0.2, -0.15) is 13.5 Å². The van der Waals surface area contributed by atoms with E-state index >= 15 is 0 Å². The Morgan fingerprint density at radius 2 is 1.63 bits per heavy atom. The van der Waals surface area contributed by atoms with E-state index in [1.54, 1.807) is 43.3 Å². The molecule has 0 spiro atoms. The maximum Gasteiger partial charge on any atom is 0.343 e. The summed E-state index contributed by atoms with van der Waals surface area (Å²) in [5, 5.41) is 16.0. The Labute approximate surface area is 222 Å². The second kappa shape index (κ2) is 11.2. The lowest BCUT2D eigenvalue weighted by molar-refractivity contribution is 0.346. The summed E-state index contributed by atoms with van der Waals surface area (Å²) in [5.41, 5.74) is 1.85. The standard InChI is InChI=1S/C29H31N3O5S/c1-19-14-16-22(17-15-19)38(35,36)31-30-20(2)24(18-32(3)4)26(21-10-6-5-7-11-21)27-28(33)23-12-8-9-13-25(23)37-29(27)34/h5-17,24,26,31,33H,18H2,1-4H3/b30-20+/t24-,26-/m1/s1. The minimum Gasteiger partial charge on any atom is -0.507 e. The first-order valence-electron chi connectivity index (χ1n) is 12.2. The largest absolute Gasteiger partial charge is 0.507 e. The number of hydrogen-bond acceptors (Lipinski definition) is 7. The number of benzene rings is 3. The van der Waals surface area contributed by atoms with E-state index in [1.807, 2.05) is 56.3 Å². The van der Waals surface area contributed by atoms with Crippen molar-refractivity contribution in [3.8, 4) is 5.75 Å². The molecule has 0 bridgehead atoms. The Balaban J connectivity index is 1.85. The fraction of sp³-hybridized carbons (Fsp3) is 0.241. The number of fused-ring (bicyclic) bond motifs is 1. The van der Waals surface area contributed by atoms with Crippen molar-refractivity contribution >= 4 is 26.7 Å². The number of aromatic hydroxyl groups is 1. The van der Waals surface area contributed by atoms with Gasteiger partial charge in [0, 0.05) is 24.1 Å². The Kier molecular flexibility index (Phi) is 7.99. The number of rotatable bonds is 9. The van der Waals surface area contributed by atoms with Crippen LogP contribution in [-0.4, -0.2) is 44.8 Å². The molecule has 0 aliphatic rings. The van der Waals surface area contributed by atoms with E-state index in [0.717, 1.165) is 11.1 Å². The van der Waals surface area contributed by atoms with Crippen LogP contribution in [0.15, 0.2) is 98.1 Å². The van der Waals surface area contributed by atoms with Gasteiger partial charge in [0.15, 0.2) is 0 Å². The number of nitrogens with zero attached hydrogens (tertiary/aromatic N) is 2. The number of aryl methyl sites for hydroxylation is 1.